The molecule has 7 nitrogen and oxygen atoms in total. The first-order chi connectivity index (χ1) is 13.9. The highest BCUT2D eigenvalue weighted by Gasteiger charge is 2.33. The number of hydrogen-bond donors (Lipinski definition) is 1. The van der Waals surface area contributed by atoms with Crippen LogP contribution in [0.2, 0.25) is 0 Å². The zero-order valence-corrected chi connectivity index (χ0v) is 13.6. The van der Waals surface area contributed by atoms with Crippen LogP contribution in [0.4, 0.5) is 5.82 Å². The minimum atomic E-state index is -2.82. The van der Waals surface area contributed by atoms with Crippen molar-refractivity contribution in [2.24, 2.45) is 5.89 Å². The van der Waals surface area contributed by atoms with Crippen molar-refractivity contribution < 1.29 is 13.0 Å². The van der Waals surface area contributed by atoms with Crippen LogP contribution >= 0.6 is 0 Å². The highest BCUT2D eigenvalue weighted by molar-refractivity contribution is 5.88. The predicted molar refractivity (Wildman–Crippen MR) is 92.6 cm³/mol. The van der Waals surface area contributed by atoms with Crippen LogP contribution < -0.4 is 4.90 Å². The number of nitrogens with one attached hydrogen (secondary N) is 1. The van der Waals surface area contributed by atoms with E-state index >= 15 is 0 Å². The Labute approximate surface area is 149 Å². The SMILES string of the molecule is [2H]c1c(C)[nH]c2ncnc(N(C)[C@@]3([2H])CN(C(=O)C[N+]#[C-])CC[C@@]3([2H])C([2H])([2H])[2H])c12. The van der Waals surface area contributed by atoms with Crippen molar-refractivity contribution in [3.63, 3.8) is 0 Å². The molecule has 1 saturated heterocycles. The van der Waals surface area contributed by atoms with Gasteiger partial charge in [-0.15, -0.1) is 0 Å². The molecular formula is C17H22N6O. The van der Waals surface area contributed by atoms with E-state index in [9.17, 15) is 4.79 Å². The Morgan fingerprint density at radius 3 is 3.29 bits per heavy atom. The summed E-state index contributed by atoms with van der Waals surface area (Å²) in [5.41, 5.74) is 0.892. The third-order valence-electron chi connectivity index (χ3n) is 4.06. The number of nitrogens with zero attached hydrogens (tertiary/aromatic N) is 5. The van der Waals surface area contributed by atoms with Gasteiger partial charge in [0.15, 0.2) is 0 Å². The lowest BCUT2D eigenvalue weighted by atomic mass is 9.92. The van der Waals surface area contributed by atoms with Gasteiger partial charge in [0.2, 0.25) is 0 Å². The average molecular weight is 332 g/mol. The number of aryl methyl sites for hydroxylation is 1. The molecule has 2 aromatic heterocycles. The minimum absolute atomic E-state index is 0.0309. The van der Waals surface area contributed by atoms with Gasteiger partial charge < -0.3 is 19.6 Å². The van der Waals surface area contributed by atoms with Crippen LogP contribution in [0.25, 0.3) is 15.9 Å². The number of hydrogen-bond acceptors (Lipinski definition) is 4. The van der Waals surface area contributed by atoms with Crippen molar-refractivity contribution in [1.82, 2.24) is 19.9 Å². The Bertz CT molecular complexity index is 1030. The topological polar surface area (TPSA) is 69.5 Å². The van der Waals surface area contributed by atoms with E-state index in [0.717, 1.165) is 0 Å². The molecule has 1 aliphatic rings. The van der Waals surface area contributed by atoms with Crippen molar-refractivity contribution in [3.8, 4) is 0 Å². The summed E-state index contributed by atoms with van der Waals surface area (Å²) in [6.45, 7) is 4.95. The molecule has 24 heavy (non-hydrogen) atoms. The summed E-state index contributed by atoms with van der Waals surface area (Å²) in [6, 6.07) is -2.01. The van der Waals surface area contributed by atoms with Gasteiger partial charge in [0.1, 0.15) is 17.8 Å². The minimum Gasteiger partial charge on any atom is -0.354 e. The highest BCUT2D eigenvalue weighted by atomic mass is 16.2. The number of anilines is 1. The molecule has 0 aromatic carbocycles. The number of carbonyl (C=O) groups excluding carboxylic acids is 1. The van der Waals surface area contributed by atoms with Crippen molar-refractivity contribution in [2.45, 2.75) is 26.2 Å². The molecule has 0 bridgehead atoms. The van der Waals surface area contributed by atoms with Gasteiger partial charge >= 0.3 is 5.91 Å². The van der Waals surface area contributed by atoms with Crippen LogP contribution in [0, 0.1) is 19.4 Å². The number of piperidine rings is 1. The van der Waals surface area contributed by atoms with Crippen LogP contribution in [0.3, 0.4) is 0 Å². The number of likely N-dealkylation sites (N-methyl/N-ethyl adjacent to an activating group) is 1. The Kier molecular flexibility index (Phi) is 2.78. The van der Waals surface area contributed by atoms with Crippen molar-refractivity contribution in [3.05, 3.63) is 29.5 Å². The van der Waals surface area contributed by atoms with Crippen LogP contribution in [0.15, 0.2) is 12.4 Å². The third kappa shape index (κ3) is 2.92. The Morgan fingerprint density at radius 2 is 2.54 bits per heavy atom. The number of amides is 1. The van der Waals surface area contributed by atoms with Crippen molar-refractivity contribution in [1.29, 1.82) is 0 Å². The van der Waals surface area contributed by atoms with Gasteiger partial charge in [-0.3, -0.25) is 4.79 Å². The Hall–Kier alpha value is -2.62. The fraction of sp³-hybridized carbons (Fsp3) is 0.529. The summed E-state index contributed by atoms with van der Waals surface area (Å²) in [4.78, 5) is 29.1. The second kappa shape index (κ2) is 6.48. The number of H-pyrrole nitrogens is 1. The van der Waals surface area contributed by atoms with Gasteiger partial charge in [0.05, 0.1) is 14.1 Å². The first-order valence-corrected chi connectivity index (χ1v) is 7.52. The lowest BCUT2D eigenvalue weighted by Gasteiger charge is -2.41. The van der Waals surface area contributed by atoms with E-state index < -0.39 is 31.2 Å². The molecule has 3 heterocycles. The monoisotopic (exact) mass is 332 g/mol. The number of carbonyl (C=O) groups is 1. The van der Waals surface area contributed by atoms with Gasteiger partial charge in [-0.2, -0.15) is 0 Å². The molecular weight excluding hydrogens is 304 g/mol. The fourth-order valence-corrected chi connectivity index (χ4v) is 2.80. The third-order valence-corrected chi connectivity index (χ3v) is 4.06. The second-order valence-corrected chi connectivity index (χ2v) is 5.66. The molecule has 1 aliphatic heterocycles. The summed E-state index contributed by atoms with van der Waals surface area (Å²) < 4.78 is 50.2. The predicted octanol–water partition coefficient (Wildman–Crippen LogP) is 1.86. The maximum absolute atomic E-state index is 12.3. The lowest BCUT2D eigenvalue weighted by molar-refractivity contribution is -0.130. The molecule has 2 aromatic rings. The van der Waals surface area contributed by atoms with Crippen LogP contribution in [0.1, 0.15) is 27.2 Å². The molecule has 1 fully saturated rings. The standard InChI is InChI=1S/C17H22N6O/c1-11-5-6-23(15(24)8-18-3)9-14(11)22(4)17-13-7-12(2)21-16(13)19-10-20-17/h7,10-11,14H,5-6,8-9H2,1-2,4H3,(H,19,20,21)/t11-,14+/m1/s1/i1D3,7D,11D,14D. The summed E-state index contributed by atoms with van der Waals surface area (Å²) >= 11 is 0. The molecule has 0 unspecified atom stereocenters. The van der Waals surface area contributed by atoms with E-state index in [0.29, 0.717) is 16.7 Å². The first kappa shape index (κ1) is 10.3. The number of rotatable bonds is 3. The molecule has 7 heteroatoms. The van der Waals surface area contributed by atoms with Gasteiger partial charge in [0, 0.05) is 31.3 Å². The van der Waals surface area contributed by atoms with Crippen molar-refractivity contribution >= 4 is 22.8 Å². The molecule has 3 rings (SSSR count). The zero-order chi connectivity index (χ0) is 22.5. The Morgan fingerprint density at radius 1 is 1.71 bits per heavy atom. The van der Waals surface area contributed by atoms with Gasteiger partial charge in [-0.05, 0) is 25.3 Å². The van der Waals surface area contributed by atoms with Gasteiger partial charge in [-0.1, -0.05) is 6.85 Å². The normalized spacial score (nSPS) is 31.1. The number of aromatic amines is 1. The maximum atomic E-state index is 12.3. The number of fused-ring (bicyclic) bond motifs is 1. The lowest BCUT2D eigenvalue weighted by Crippen LogP contribution is -2.53. The molecule has 2 atom stereocenters. The van der Waals surface area contributed by atoms with Crippen LogP contribution in [0.5, 0.6) is 0 Å². The Balaban J connectivity index is 2.17. The largest absolute Gasteiger partial charge is 0.354 e. The van der Waals surface area contributed by atoms with E-state index in [1.165, 1.54) is 23.2 Å². The maximum Gasteiger partial charge on any atom is 0.302 e. The van der Waals surface area contributed by atoms with E-state index in [1.807, 2.05) is 0 Å². The summed E-state index contributed by atoms with van der Waals surface area (Å²) in [6.07, 6.45) is 0.966. The van der Waals surface area contributed by atoms with Gasteiger partial charge in [-0.25, -0.2) is 16.5 Å². The van der Waals surface area contributed by atoms with Gasteiger partial charge in [0.25, 0.3) is 6.54 Å². The van der Waals surface area contributed by atoms with Crippen LogP contribution in [-0.4, -0.2) is 58.5 Å². The number of likely N-dealkylation sites (tertiary alicyclic amines) is 1. The second-order valence-electron chi connectivity index (χ2n) is 5.66. The summed E-state index contributed by atoms with van der Waals surface area (Å²) in [7, 11) is 1.44. The smallest absolute Gasteiger partial charge is 0.302 e. The quantitative estimate of drug-likeness (QED) is 0.871. The van der Waals surface area contributed by atoms with E-state index in [2.05, 4.69) is 19.8 Å². The highest BCUT2D eigenvalue weighted by Crippen LogP contribution is 2.29. The van der Waals surface area contributed by atoms with Crippen LogP contribution in [-0.2, 0) is 4.79 Å². The average Bonchev–Trinajstić information content (AvgIpc) is 2.96. The zero-order valence-electron chi connectivity index (χ0n) is 19.6. The molecule has 1 amide bonds. The summed E-state index contributed by atoms with van der Waals surface area (Å²) in [5.74, 6) is -2.63. The molecule has 0 aliphatic carbocycles. The molecule has 0 spiro atoms. The molecule has 0 saturated carbocycles. The summed E-state index contributed by atoms with van der Waals surface area (Å²) in [5, 5.41) is 0.307. The van der Waals surface area contributed by atoms with E-state index in [4.69, 9.17) is 14.8 Å². The van der Waals surface area contributed by atoms with E-state index in [1.54, 1.807) is 6.92 Å². The molecule has 1 N–H and O–H groups in total. The molecule has 0 radical (unpaired) electrons. The fourth-order valence-electron chi connectivity index (χ4n) is 2.80. The van der Waals surface area contributed by atoms with E-state index in [-0.39, 0.29) is 31.4 Å². The molecule has 126 valence electrons. The first-order valence-electron chi connectivity index (χ1n) is 10.5. The van der Waals surface area contributed by atoms with Crippen molar-refractivity contribution in [2.75, 3.05) is 31.6 Å². The number of aromatic nitrogens is 3.